The molecule has 0 saturated heterocycles. The Kier molecular flexibility index (Phi) is 5.00. The lowest BCUT2D eigenvalue weighted by Crippen LogP contribution is -2.02. The van der Waals surface area contributed by atoms with Crippen molar-refractivity contribution in [1.29, 1.82) is 0 Å². The number of phenolic OH excluding ortho intramolecular Hbond substituents is 1. The fraction of sp³-hybridized carbons (Fsp3) is 0.250. The summed E-state index contributed by atoms with van der Waals surface area (Å²) in [5, 5.41) is 22.0. The minimum Gasteiger partial charge on any atom is -0.505 e. The van der Waals surface area contributed by atoms with Crippen molar-refractivity contribution in [2.45, 2.75) is 20.1 Å². The predicted molar refractivity (Wildman–Crippen MR) is 78.9 cm³/mol. The number of nitrogens with one attached hydrogen (secondary N) is 1. The predicted octanol–water partition coefficient (Wildman–Crippen LogP) is 3.03. The van der Waals surface area contributed by atoms with Crippen molar-refractivity contribution >= 4 is 5.69 Å². The van der Waals surface area contributed by atoms with Crippen molar-refractivity contribution in [1.82, 2.24) is 0 Å². The molecule has 0 aliphatic rings. The van der Waals surface area contributed by atoms with Crippen molar-refractivity contribution in [3.8, 4) is 11.5 Å². The maximum Gasteiger partial charge on any atom is 0.165 e. The van der Waals surface area contributed by atoms with Crippen LogP contribution in [0.1, 0.15) is 18.1 Å². The number of aliphatic hydroxyl groups excluding tert-OH is 1. The number of para-hydroxylation sites is 1. The van der Waals surface area contributed by atoms with E-state index in [1.165, 1.54) is 6.07 Å². The van der Waals surface area contributed by atoms with Gasteiger partial charge >= 0.3 is 0 Å². The molecule has 2 rings (SSSR count). The lowest BCUT2D eigenvalue weighted by atomic mass is 10.1. The van der Waals surface area contributed by atoms with Crippen LogP contribution in [0.3, 0.4) is 0 Å². The lowest BCUT2D eigenvalue weighted by Gasteiger charge is -2.12. The smallest absolute Gasteiger partial charge is 0.165 e. The summed E-state index contributed by atoms with van der Waals surface area (Å²) < 4.78 is 18.6. The number of ether oxygens (including phenoxy) is 1. The van der Waals surface area contributed by atoms with Crippen LogP contribution in [0.2, 0.25) is 0 Å². The molecule has 0 atom stereocenters. The zero-order valence-corrected chi connectivity index (χ0v) is 11.8. The summed E-state index contributed by atoms with van der Waals surface area (Å²) in [6, 6.07) is 9.74. The molecule has 0 bridgehead atoms. The Bertz CT molecular complexity index is 616. The number of aliphatic hydroxyl groups is 1. The van der Waals surface area contributed by atoms with Crippen molar-refractivity contribution in [3.63, 3.8) is 0 Å². The van der Waals surface area contributed by atoms with Gasteiger partial charge in [-0.25, -0.2) is 4.39 Å². The maximum absolute atomic E-state index is 13.2. The first-order valence-corrected chi connectivity index (χ1v) is 6.72. The Hall–Kier alpha value is -2.27. The molecule has 0 fully saturated rings. The highest BCUT2D eigenvalue weighted by Crippen LogP contribution is 2.25. The fourth-order valence-corrected chi connectivity index (χ4v) is 2.01. The molecule has 0 aromatic heterocycles. The summed E-state index contributed by atoms with van der Waals surface area (Å²) in [6.07, 6.45) is 0. The first kappa shape index (κ1) is 15.1. The van der Waals surface area contributed by atoms with Gasteiger partial charge in [0.25, 0.3) is 0 Å². The first-order valence-electron chi connectivity index (χ1n) is 6.72. The van der Waals surface area contributed by atoms with Gasteiger partial charge in [0.2, 0.25) is 0 Å². The van der Waals surface area contributed by atoms with Crippen LogP contribution in [0.15, 0.2) is 36.4 Å². The van der Waals surface area contributed by atoms with Gasteiger partial charge in [-0.15, -0.1) is 0 Å². The molecule has 3 N–H and O–H groups in total. The molecular formula is C16H18FNO3. The summed E-state index contributed by atoms with van der Waals surface area (Å²) in [4.78, 5) is 0. The van der Waals surface area contributed by atoms with Gasteiger partial charge in [0.05, 0.1) is 13.2 Å². The molecule has 0 saturated carbocycles. The summed E-state index contributed by atoms with van der Waals surface area (Å²) in [5.41, 5.74) is 1.89. The van der Waals surface area contributed by atoms with E-state index in [2.05, 4.69) is 5.32 Å². The normalized spacial score (nSPS) is 10.4. The second-order valence-corrected chi connectivity index (χ2v) is 4.51. The summed E-state index contributed by atoms with van der Waals surface area (Å²) >= 11 is 0. The van der Waals surface area contributed by atoms with Crippen LogP contribution in [0.25, 0.3) is 0 Å². The minimum atomic E-state index is -0.642. The van der Waals surface area contributed by atoms with Crippen molar-refractivity contribution in [2.75, 3.05) is 11.9 Å². The number of hydrogen-bond acceptors (Lipinski definition) is 4. The van der Waals surface area contributed by atoms with E-state index in [4.69, 9.17) is 4.74 Å². The van der Waals surface area contributed by atoms with Gasteiger partial charge < -0.3 is 20.3 Å². The van der Waals surface area contributed by atoms with E-state index in [1.807, 2.05) is 6.92 Å². The zero-order chi connectivity index (χ0) is 15.2. The molecule has 0 radical (unpaired) electrons. The highest BCUT2D eigenvalue weighted by Gasteiger charge is 2.07. The Morgan fingerprint density at radius 1 is 1.19 bits per heavy atom. The van der Waals surface area contributed by atoms with Crippen LogP contribution in [-0.4, -0.2) is 16.8 Å². The maximum atomic E-state index is 13.2. The van der Waals surface area contributed by atoms with Crippen LogP contribution in [0, 0.1) is 5.82 Å². The van der Waals surface area contributed by atoms with Gasteiger partial charge in [0, 0.05) is 23.4 Å². The van der Waals surface area contributed by atoms with E-state index in [1.54, 1.807) is 30.3 Å². The molecule has 0 aliphatic heterocycles. The third kappa shape index (κ3) is 3.64. The Labute approximate surface area is 122 Å². The van der Waals surface area contributed by atoms with E-state index < -0.39 is 5.82 Å². The van der Waals surface area contributed by atoms with Crippen molar-refractivity contribution < 1.29 is 19.3 Å². The average molecular weight is 291 g/mol. The van der Waals surface area contributed by atoms with Crippen molar-refractivity contribution in [3.05, 3.63) is 53.3 Å². The van der Waals surface area contributed by atoms with Gasteiger partial charge in [0.15, 0.2) is 11.6 Å². The van der Waals surface area contributed by atoms with E-state index >= 15 is 0 Å². The van der Waals surface area contributed by atoms with Crippen LogP contribution in [0.4, 0.5) is 10.1 Å². The molecule has 0 aliphatic carbocycles. The molecule has 5 heteroatoms. The van der Waals surface area contributed by atoms with Gasteiger partial charge in [-0.05, 0) is 31.2 Å². The molecule has 21 heavy (non-hydrogen) atoms. The molecule has 4 nitrogen and oxygen atoms in total. The first-order chi connectivity index (χ1) is 10.2. The highest BCUT2D eigenvalue weighted by atomic mass is 19.1. The lowest BCUT2D eigenvalue weighted by molar-refractivity contribution is 0.267. The van der Waals surface area contributed by atoms with Crippen LogP contribution < -0.4 is 10.1 Å². The van der Waals surface area contributed by atoms with Crippen molar-refractivity contribution in [2.24, 2.45) is 0 Å². The third-order valence-electron chi connectivity index (χ3n) is 3.08. The Balaban J connectivity index is 2.11. The number of phenols is 1. The van der Waals surface area contributed by atoms with Gasteiger partial charge in [0.1, 0.15) is 5.75 Å². The van der Waals surface area contributed by atoms with Crippen LogP contribution in [-0.2, 0) is 13.2 Å². The van der Waals surface area contributed by atoms with E-state index in [9.17, 15) is 14.6 Å². The molecule has 0 spiro atoms. The molecule has 112 valence electrons. The number of benzene rings is 2. The summed E-state index contributed by atoms with van der Waals surface area (Å²) in [5.74, 6) is -0.352. The minimum absolute atomic E-state index is 0.129. The summed E-state index contributed by atoms with van der Waals surface area (Å²) in [6.45, 7) is 2.55. The number of aromatic hydroxyl groups is 1. The average Bonchev–Trinajstić information content (AvgIpc) is 2.50. The topological polar surface area (TPSA) is 61.7 Å². The van der Waals surface area contributed by atoms with Gasteiger partial charge in [-0.3, -0.25) is 0 Å². The summed E-state index contributed by atoms with van der Waals surface area (Å²) in [7, 11) is 0. The van der Waals surface area contributed by atoms with E-state index in [-0.39, 0.29) is 18.9 Å². The molecule has 0 amide bonds. The van der Waals surface area contributed by atoms with E-state index in [0.29, 0.717) is 23.5 Å². The Morgan fingerprint density at radius 3 is 2.71 bits per heavy atom. The molecule has 0 heterocycles. The van der Waals surface area contributed by atoms with Crippen LogP contribution in [0.5, 0.6) is 11.5 Å². The van der Waals surface area contributed by atoms with Gasteiger partial charge in [-0.1, -0.05) is 12.1 Å². The SMILES string of the molecule is CCOc1ccc(NCc2cccc(F)c2O)cc1CO. The van der Waals surface area contributed by atoms with E-state index in [0.717, 1.165) is 5.69 Å². The number of rotatable bonds is 6. The third-order valence-corrected chi connectivity index (χ3v) is 3.08. The number of anilines is 1. The molecule has 2 aromatic carbocycles. The Morgan fingerprint density at radius 2 is 2.00 bits per heavy atom. The highest BCUT2D eigenvalue weighted by molar-refractivity contribution is 5.52. The second kappa shape index (κ2) is 6.95. The largest absolute Gasteiger partial charge is 0.505 e. The molecular weight excluding hydrogens is 273 g/mol. The fourth-order valence-electron chi connectivity index (χ4n) is 2.01. The number of hydrogen-bond donors (Lipinski definition) is 3. The van der Waals surface area contributed by atoms with Gasteiger partial charge in [-0.2, -0.15) is 0 Å². The quantitative estimate of drug-likeness (QED) is 0.765. The molecule has 0 unspecified atom stereocenters. The van der Waals surface area contributed by atoms with Crippen LogP contribution >= 0.6 is 0 Å². The number of halogens is 1. The molecule has 2 aromatic rings. The standard InChI is InChI=1S/C16H18FNO3/c1-2-21-15-7-6-13(8-12(15)10-19)18-9-11-4-3-5-14(17)16(11)20/h3-8,18-20H,2,9-10H2,1H3. The second-order valence-electron chi connectivity index (χ2n) is 4.51. The zero-order valence-electron chi connectivity index (χ0n) is 11.8. The monoisotopic (exact) mass is 291 g/mol.